The predicted molar refractivity (Wildman–Crippen MR) is 60.0 cm³/mol. The van der Waals surface area contributed by atoms with Crippen LogP contribution in [0.1, 0.15) is 4.95 Å². The molecule has 4 nitrogen and oxygen atoms in total. The number of fused-ring (bicyclic) bond motifs is 1. The molecule has 2 aromatic heterocycles. The first kappa shape index (κ1) is 9.92. The van der Waals surface area contributed by atoms with Gasteiger partial charge in [-0.25, -0.2) is 14.3 Å². The molecule has 14 heavy (non-hydrogen) atoms. The zero-order chi connectivity index (χ0) is 10.1. The van der Waals surface area contributed by atoms with Crippen LogP contribution in [0, 0.1) is 0 Å². The second-order valence-electron chi connectivity index (χ2n) is 2.65. The predicted octanol–water partition coefficient (Wildman–Crippen LogP) is 2.28. The number of halogens is 2. The third kappa shape index (κ3) is 1.52. The molecule has 0 saturated heterocycles. The van der Waals surface area contributed by atoms with Crippen LogP contribution in [0.15, 0.2) is 27.5 Å². The number of nitrogens with zero attached hydrogens (tertiary/aromatic N) is 2. The highest BCUT2D eigenvalue weighted by molar-refractivity contribution is 9.11. The summed E-state index contributed by atoms with van der Waals surface area (Å²) in [6.45, 7) is 0. The molecule has 2 aromatic rings. The zero-order valence-corrected chi connectivity index (χ0v) is 10.2. The second-order valence-corrected chi connectivity index (χ2v) is 4.36. The Morgan fingerprint density at radius 2 is 2.43 bits per heavy atom. The number of pyridine rings is 1. The molecular weight excluding hydrogens is 316 g/mol. The van der Waals surface area contributed by atoms with Crippen molar-refractivity contribution in [2.45, 2.75) is 4.95 Å². The van der Waals surface area contributed by atoms with E-state index in [1.165, 1.54) is 4.57 Å². The molecule has 0 fully saturated rings. The molecule has 0 bridgehead atoms. The Balaban J connectivity index is 2.74. The molecule has 0 aliphatic rings. The lowest BCUT2D eigenvalue weighted by atomic mass is 10.4. The molecule has 2 heterocycles. The summed E-state index contributed by atoms with van der Waals surface area (Å²) in [7, 11) is 0. The van der Waals surface area contributed by atoms with Crippen LogP contribution in [0.25, 0.3) is 11.2 Å². The summed E-state index contributed by atoms with van der Waals surface area (Å²) in [5.41, 5.74) is 1.06. The van der Waals surface area contributed by atoms with Gasteiger partial charge in [-0.3, -0.25) is 0 Å². The average Bonchev–Trinajstić information content (AvgIpc) is 2.53. The van der Waals surface area contributed by atoms with Crippen LogP contribution in [0.3, 0.4) is 0 Å². The first-order chi connectivity index (χ1) is 6.74. The highest BCUT2D eigenvalue weighted by atomic mass is 79.9. The fraction of sp³-hybridized carbons (Fsp3) is 0.250. The van der Waals surface area contributed by atoms with Crippen molar-refractivity contribution in [3.8, 4) is 0 Å². The molecule has 0 aliphatic heterocycles. The van der Waals surface area contributed by atoms with Gasteiger partial charge in [-0.15, -0.1) is 0 Å². The van der Waals surface area contributed by atoms with E-state index in [-0.39, 0.29) is 4.95 Å². The topological polar surface area (TPSA) is 48.0 Å². The summed E-state index contributed by atoms with van der Waals surface area (Å²) in [6.07, 6.45) is 1.63. The van der Waals surface area contributed by atoms with E-state index in [4.69, 9.17) is 4.42 Å². The van der Waals surface area contributed by atoms with Crippen molar-refractivity contribution in [3.05, 3.63) is 28.9 Å². The van der Waals surface area contributed by atoms with E-state index in [0.717, 1.165) is 0 Å². The molecule has 0 radical (unpaired) electrons. The Hall–Kier alpha value is -0.620. The molecule has 6 heteroatoms. The van der Waals surface area contributed by atoms with Crippen LogP contribution in [0.4, 0.5) is 0 Å². The van der Waals surface area contributed by atoms with Gasteiger partial charge < -0.3 is 4.42 Å². The molecular formula is C8H6Br2N2O2. The highest BCUT2D eigenvalue weighted by Gasteiger charge is 2.15. The van der Waals surface area contributed by atoms with Crippen molar-refractivity contribution in [1.29, 1.82) is 0 Å². The standard InChI is InChI=1S/C8H6Br2N2O2/c9-4-6(10)12-7-5(14-8(12)13)2-1-3-11-7/h1-3,6H,4H2. The number of hydrogen-bond donors (Lipinski definition) is 0. The normalized spacial score (nSPS) is 13.3. The van der Waals surface area contributed by atoms with Gasteiger partial charge in [-0.2, -0.15) is 0 Å². The van der Waals surface area contributed by atoms with Crippen LogP contribution in [0.2, 0.25) is 0 Å². The Morgan fingerprint density at radius 1 is 1.64 bits per heavy atom. The molecule has 1 unspecified atom stereocenters. The van der Waals surface area contributed by atoms with Gasteiger partial charge in [-0.1, -0.05) is 31.9 Å². The molecule has 0 aliphatic carbocycles. The van der Waals surface area contributed by atoms with Crippen LogP contribution in [-0.4, -0.2) is 14.9 Å². The maximum Gasteiger partial charge on any atom is 0.422 e. The molecule has 74 valence electrons. The van der Waals surface area contributed by atoms with Crippen LogP contribution < -0.4 is 5.76 Å². The van der Waals surface area contributed by atoms with Gasteiger partial charge in [-0.05, 0) is 12.1 Å². The van der Waals surface area contributed by atoms with Gasteiger partial charge in [0.1, 0.15) is 4.95 Å². The largest absolute Gasteiger partial charge is 0.422 e. The van der Waals surface area contributed by atoms with Crippen molar-refractivity contribution in [1.82, 2.24) is 9.55 Å². The molecule has 0 N–H and O–H groups in total. The maximum atomic E-state index is 11.4. The molecule has 1 atom stereocenters. The van der Waals surface area contributed by atoms with Gasteiger partial charge in [0, 0.05) is 11.5 Å². The minimum atomic E-state index is -0.403. The quantitative estimate of drug-likeness (QED) is 0.797. The van der Waals surface area contributed by atoms with E-state index in [2.05, 4.69) is 36.8 Å². The minimum Gasteiger partial charge on any atom is -0.406 e. The second kappa shape index (κ2) is 3.86. The van der Waals surface area contributed by atoms with Crippen molar-refractivity contribution < 1.29 is 4.42 Å². The summed E-state index contributed by atoms with van der Waals surface area (Å²) >= 11 is 6.63. The van der Waals surface area contributed by atoms with Gasteiger partial charge in [0.05, 0.1) is 0 Å². The lowest BCUT2D eigenvalue weighted by Crippen LogP contribution is -2.17. The van der Waals surface area contributed by atoms with E-state index in [1.54, 1.807) is 18.3 Å². The number of hydrogen-bond acceptors (Lipinski definition) is 3. The van der Waals surface area contributed by atoms with E-state index in [0.29, 0.717) is 16.6 Å². The lowest BCUT2D eigenvalue weighted by molar-refractivity contribution is 0.513. The van der Waals surface area contributed by atoms with Crippen LogP contribution in [-0.2, 0) is 0 Å². The zero-order valence-electron chi connectivity index (χ0n) is 6.98. The van der Waals surface area contributed by atoms with E-state index >= 15 is 0 Å². The summed E-state index contributed by atoms with van der Waals surface area (Å²) in [5, 5.41) is 0.609. The van der Waals surface area contributed by atoms with Crippen LogP contribution in [0.5, 0.6) is 0 Å². The number of aromatic nitrogens is 2. The van der Waals surface area contributed by atoms with Crippen molar-refractivity contribution in [2.75, 3.05) is 5.33 Å². The SMILES string of the molecule is O=c1oc2cccnc2n1C(Br)CBr. The van der Waals surface area contributed by atoms with Gasteiger partial charge in [0.25, 0.3) is 0 Å². The van der Waals surface area contributed by atoms with Gasteiger partial charge >= 0.3 is 5.76 Å². The van der Waals surface area contributed by atoms with E-state index in [1.807, 2.05) is 0 Å². The summed E-state index contributed by atoms with van der Waals surface area (Å²) in [6, 6.07) is 3.45. The molecule has 0 spiro atoms. The summed E-state index contributed by atoms with van der Waals surface area (Å²) < 4.78 is 6.48. The first-order valence-corrected chi connectivity index (χ1v) is 5.94. The Kier molecular flexibility index (Phi) is 2.73. The maximum absolute atomic E-state index is 11.4. The Bertz CT molecular complexity index is 505. The van der Waals surface area contributed by atoms with Crippen LogP contribution >= 0.6 is 31.9 Å². The molecule has 2 rings (SSSR count). The molecule has 0 amide bonds. The number of alkyl halides is 2. The number of rotatable bonds is 2. The minimum absolute atomic E-state index is 0.147. The lowest BCUT2D eigenvalue weighted by Gasteiger charge is -2.04. The Morgan fingerprint density at radius 3 is 3.14 bits per heavy atom. The monoisotopic (exact) mass is 320 g/mol. The van der Waals surface area contributed by atoms with Crippen molar-refractivity contribution in [2.24, 2.45) is 0 Å². The third-order valence-electron chi connectivity index (χ3n) is 1.78. The van der Waals surface area contributed by atoms with Gasteiger partial charge in [0.2, 0.25) is 0 Å². The fourth-order valence-electron chi connectivity index (χ4n) is 1.19. The summed E-state index contributed by atoms with van der Waals surface area (Å²) in [5.74, 6) is -0.403. The van der Waals surface area contributed by atoms with E-state index in [9.17, 15) is 4.79 Å². The average molecular weight is 322 g/mol. The van der Waals surface area contributed by atoms with Crippen molar-refractivity contribution >= 4 is 43.1 Å². The number of oxazole rings is 1. The third-order valence-corrected chi connectivity index (χ3v) is 4.00. The molecule has 0 saturated carbocycles. The highest BCUT2D eigenvalue weighted by Crippen LogP contribution is 2.20. The summed E-state index contributed by atoms with van der Waals surface area (Å²) in [4.78, 5) is 15.4. The Labute approximate surface area is 96.2 Å². The fourth-order valence-corrected chi connectivity index (χ4v) is 1.84. The van der Waals surface area contributed by atoms with Crippen molar-refractivity contribution in [3.63, 3.8) is 0 Å². The van der Waals surface area contributed by atoms with Gasteiger partial charge in [0.15, 0.2) is 11.2 Å². The van der Waals surface area contributed by atoms with E-state index < -0.39 is 5.76 Å². The first-order valence-electron chi connectivity index (χ1n) is 3.90. The smallest absolute Gasteiger partial charge is 0.406 e. The molecule has 0 aromatic carbocycles.